The van der Waals surface area contributed by atoms with E-state index in [0.717, 1.165) is 22.9 Å². The van der Waals surface area contributed by atoms with Crippen molar-refractivity contribution in [3.8, 4) is 0 Å². The molecule has 2 aliphatic rings. The van der Waals surface area contributed by atoms with Gasteiger partial charge in [-0.1, -0.05) is 121 Å². The Labute approximate surface area is 209 Å². The Morgan fingerprint density at radius 1 is 0.571 bits per heavy atom. The summed E-state index contributed by atoms with van der Waals surface area (Å²) in [6, 6.07) is 42.4. The first-order valence-corrected chi connectivity index (χ1v) is 13.2. The molecule has 0 aromatic heterocycles. The zero-order valence-corrected chi connectivity index (χ0v) is 20.1. The Kier molecular flexibility index (Phi) is 6.47. The minimum Gasteiger partial charge on any atom is -0.470 e. The van der Waals surface area contributed by atoms with Crippen LogP contribution in [0.2, 0.25) is 0 Å². The van der Waals surface area contributed by atoms with Gasteiger partial charge in [0.15, 0.2) is 12.0 Å². The van der Waals surface area contributed by atoms with Crippen LogP contribution in [0.5, 0.6) is 0 Å². The van der Waals surface area contributed by atoms with Crippen molar-refractivity contribution in [1.29, 1.82) is 0 Å². The van der Waals surface area contributed by atoms with Gasteiger partial charge in [-0.3, -0.25) is 0 Å². The quantitative estimate of drug-likeness (QED) is 0.285. The average Bonchev–Trinajstić information content (AvgIpc) is 3.59. The molecule has 1 aliphatic heterocycles. The fourth-order valence-electron chi connectivity index (χ4n) is 4.70. The number of nitrogens with zero attached hydrogens (tertiary/aromatic N) is 1. The molecule has 5 radical (unpaired) electrons. The minimum atomic E-state index is -0.744. The highest BCUT2D eigenvalue weighted by Crippen LogP contribution is 2.58. The molecule has 6 rings (SSSR count). The molecule has 0 bridgehead atoms. The number of aliphatic imine (C=N–C) groups is 1. The standard InChI is InChI=1S/C32H25NOP/c1-5-14-24(15-6-1)30-31(25-16-7-2-8-17-25)34-32(33-30)28-22-13-23-29(28)35(26-18-9-3-10-19-26)27-20-11-4-12-21-27/h1-23,30-31H. The van der Waals surface area contributed by atoms with Gasteiger partial charge < -0.3 is 4.74 Å². The fourth-order valence-corrected chi connectivity index (χ4v) is 7.14. The van der Waals surface area contributed by atoms with Crippen LogP contribution < -0.4 is 10.6 Å². The van der Waals surface area contributed by atoms with Crippen LogP contribution in [0.4, 0.5) is 0 Å². The van der Waals surface area contributed by atoms with E-state index in [1.165, 1.54) is 16.3 Å². The Hall–Kier alpha value is -3.22. The van der Waals surface area contributed by atoms with Gasteiger partial charge in [-0.05, 0) is 48.9 Å². The van der Waals surface area contributed by atoms with Crippen molar-refractivity contribution in [2.45, 2.75) is 12.1 Å². The molecule has 4 aromatic rings. The van der Waals surface area contributed by atoms with Crippen LogP contribution in [-0.4, -0.2) is 5.90 Å². The molecule has 3 heteroatoms. The lowest BCUT2D eigenvalue weighted by molar-refractivity contribution is 0.195. The van der Waals surface area contributed by atoms with Crippen LogP contribution >= 0.6 is 7.92 Å². The maximum absolute atomic E-state index is 6.68. The maximum Gasteiger partial charge on any atom is 0.193 e. The topological polar surface area (TPSA) is 21.6 Å². The highest BCUT2D eigenvalue weighted by atomic mass is 31.1. The van der Waals surface area contributed by atoms with E-state index < -0.39 is 7.92 Å². The lowest BCUT2D eigenvalue weighted by Crippen LogP contribution is -2.23. The van der Waals surface area contributed by atoms with Crippen LogP contribution in [0.1, 0.15) is 23.3 Å². The molecule has 2 atom stereocenters. The molecule has 0 saturated heterocycles. The van der Waals surface area contributed by atoms with Gasteiger partial charge in [0, 0.05) is 5.66 Å². The molecule has 4 aromatic carbocycles. The summed E-state index contributed by atoms with van der Waals surface area (Å²) in [5, 5.41) is 2.64. The highest BCUT2D eigenvalue weighted by molar-refractivity contribution is 7.76. The summed E-state index contributed by atoms with van der Waals surface area (Å²) in [6.07, 6.45) is 6.37. The SMILES string of the molecule is [CH]1[CH][C](C2=NC(c3ccccc3)C(c3ccccc3)O2)[C](P(c2ccccc2)c2ccccc2)[CH]1. The summed E-state index contributed by atoms with van der Waals surface area (Å²) >= 11 is 0. The molecule has 1 saturated carbocycles. The molecule has 0 N–H and O–H groups in total. The Bertz CT molecular complexity index is 1220. The van der Waals surface area contributed by atoms with Crippen molar-refractivity contribution in [3.05, 3.63) is 163 Å². The molecule has 0 amide bonds. The summed E-state index contributed by atoms with van der Waals surface area (Å²) in [7, 11) is -0.744. The third kappa shape index (κ3) is 4.56. The van der Waals surface area contributed by atoms with Crippen LogP contribution in [0.25, 0.3) is 0 Å². The zero-order chi connectivity index (χ0) is 23.5. The van der Waals surface area contributed by atoms with Crippen molar-refractivity contribution in [2.24, 2.45) is 4.99 Å². The smallest absolute Gasteiger partial charge is 0.193 e. The Balaban J connectivity index is 1.38. The highest BCUT2D eigenvalue weighted by Gasteiger charge is 2.45. The predicted octanol–water partition coefficient (Wildman–Crippen LogP) is 6.76. The third-order valence-electron chi connectivity index (χ3n) is 6.34. The van der Waals surface area contributed by atoms with E-state index in [1.54, 1.807) is 0 Å². The van der Waals surface area contributed by atoms with Gasteiger partial charge >= 0.3 is 0 Å². The van der Waals surface area contributed by atoms with E-state index in [-0.39, 0.29) is 12.1 Å². The van der Waals surface area contributed by atoms with Crippen LogP contribution in [-0.2, 0) is 4.74 Å². The van der Waals surface area contributed by atoms with Gasteiger partial charge in [0.25, 0.3) is 0 Å². The van der Waals surface area contributed by atoms with E-state index in [1.807, 2.05) is 12.1 Å². The van der Waals surface area contributed by atoms with E-state index in [0.29, 0.717) is 0 Å². The van der Waals surface area contributed by atoms with Gasteiger partial charge in [0.2, 0.25) is 0 Å². The number of benzene rings is 4. The number of hydrogen-bond donors (Lipinski definition) is 0. The molecule has 169 valence electrons. The van der Waals surface area contributed by atoms with Crippen LogP contribution in [0.15, 0.2) is 126 Å². The molecule has 1 aliphatic carbocycles. The molecular weight excluding hydrogens is 445 g/mol. The lowest BCUT2D eigenvalue weighted by atomic mass is 9.97. The second-order valence-electron chi connectivity index (χ2n) is 8.57. The van der Waals surface area contributed by atoms with E-state index in [2.05, 4.69) is 128 Å². The van der Waals surface area contributed by atoms with Crippen LogP contribution in [0.3, 0.4) is 0 Å². The van der Waals surface area contributed by atoms with Crippen molar-refractivity contribution < 1.29 is 4.74 Å². The Morgan fingerprint density at radius 3 is 1.66 bits per heavy atom. The summed E-state index contributed by atoms with van der Waals surface area (Å²) in [6.45, 7) is 0. The van der Waals surface area contributed by atoms with Gasteiger partial charge in [0.05, 0.1) is 5.92 Å². The number of hydrogen-bond acceptors (Lipinski definition) is 2. The normalized spacial score (nSPS) is 20.7. The summed E-state index contributed by atoms with van der Waals surface area (Å²) < 4.78 is 6.68. The first kappa shape index (κ1) is 22.3. The van der Waals surface area contributed by atoms with Crippen molar-refractivity contribution in [2.75, 3.05) is 0 Å². The largest absolute Gasteiger partial charge is 0.470 e. The van der Waals surface area contributed by atoms with Gasteiger partial charge in [0.1, 0.15) is 6.04 Å². The van der Waals surface area contributed by atoms with Gasteiger partial charge in [-0.25, -0.2) is 4.99 Å². The summed E-state index contributed by atoms with van der Waals surface area (Å²) in [5.74, 6) is 1.82. The van der Waals surface area contributed by atoms with Gasteiger partial charge in [-0.15, -0.1) is 0 Å². The molecule has 2 nitrogen and oxygen atoms in total. The van der Waals surface area contributed by atoms with E-state index in [4.69, 9.17) is 9.73 Å². The zero-order valence-electron chi connectivity index (χ0n) is 19.2. The molecule has 1 heterocycles. The maximum atomic E-state index is 6.68. The minimum absolute atomic E-state index is 0.0870. The monoisotopic (exact) mass is 470 g/mol. The number of rotatable bonds is 6. The molecular formula is C32H25NOP. The lowest BCUT2D eigenvalue weighted by Gasteiger charge is -2.29. The Morgan fingerprint density at radius 2 is 1.09 bits per heavy atom. The summed E-state index contributed by atoms with van der Waals surface area (Å²) in [4.78, 5) is 5.19. The second kappa shape index (κ2) is 10.2. The fraction of sp³-hybridized carbons (Fsp3) is 0.0625. The van der Waals surface area contributed by atoms with E-state index >= 15 is 0 Å². The molecule has 0 spiro atoms. The van der Waals surface area contributed by atoms with Crippen molar-refractivity contribution in [3.63, 3.8) is 0 Å². The predicted molar refractivity (Wildman–Crippen MR) is 145 cm³/mol. The summed E-state index contributed by atoms with van der Waals surface area (Å²) in [5.41, 5.74) is 3.58. The average molecular weight is 471 g/mol. The molecule has 35 heavy (non-hydrogen) atoms. The first-order chi connectivity index (χ1) is 17.4. The van der Waals surface area contributed by atoms with Crippen molar-refractivity contribution >= 4 is 24.4 Å². The van der Waals surface area contributed by atoms with Crippen LogP contribution in [0, 0.1) is 30.8 Å². The molecule has 2 unspecified atom stereocenters. The third-order valence-corrected chi connectivity index (χ3v) is 8.84. The number of ether oxygens (including phenoxy) is 1. The van der Waals surface area contributed by atoms with Gasteiger partial charge in [-0.2, -0.15) is 0 Å². The van der Waals surface area contributed by atoms with E-state index in [9.17, 15) is 0 Å². The molecule has 1 fully saturated rings. The first-order valence-electron chi connectivity index (χ1n) is 11.9. The van der Waals surface area contributed by atoms with Crippen molar-refractivity contribution in [1.82, 2.24) is 0 Å². The second-order valence-corrected chi connectivity index (χ2v) is 10.8.